The minimum Gasteiger partial charge on any atom is -0.369 e. The van der Waals surface area contributed by atoms with Crippen molar-refractivity contribution in [2.24, 2.45) is 11.5 Å². The summed E-state index contributed by atoms with van der Waals surface area (Å²) in [6, 6.07) is 0. The molecule has 4 N–H and O–H groups in total. The summed E-state index contributed by atoms with van der Waals surface area (Å²) in [5.74, 6) is -3.78. The lowest BCUT2D eigenvalue weighted by Crippen LogP contribution is -2.26. The Morgan fingerprint density at radius 3 is 1.17 bits per heavy atom. The Hall–Kier alpha value is -1.72. The molecule has 0 fully saturated rings. The van der Waals surface area contributed by atoms with E-state index in [0.29, 0.717) is 0 Å². The summed E-state index contributed by atoms with van der Waals surface area (Å²) in [4.78, 5) is 41.5. The van der Waals surface area contributed by atoms with Gasteiger partial charge in [-0.25, -0.2) is 0 Å². The maximum Gasteiger partial charge on any atom is 0.225 e. The molecule has 0 spiro atoms. The summed E-state index contributed by atoms with van der Waals surface area (Å²) in [7, 11) is 0. The van der Waals surface area contributed by atoms with Gasteiger partial charge >= 0.3 is 0 Å². The highest BCUT2D eigenvalue weighted by atomic mass is 16.2. The van der Waals surface area contributed by atoms with Crippen LogP contribution in [0.3, 0.4) is 0 Å². The second-order valence-corrected chi connectivity index (χ2v) is 2.13. The average Bonchev–Trinajstić information content (AvgIpc) is 1.84. The topological polar surface area (TPSA) is 120 Å². The molecule has 2 amide bonds. The number of primary amides is 2. The second-order valence-electron chi connectivity index (χ2n) is 2.13. The Morgan fingerprint density at radius 1 is 0.750 bits per heavy atom. The summed E-state index contributed by atoms with van der Waals surface area (Å²) < 4.78 is 0. The van der Waals surface area contributed by atoms with Crippen LogP contribution in [0.25, 0.3) is 0 Å². The van der Waals surface area contributed by atoms with Crippen LogP contribution in [0.2, 0.25) is 0 Å². The fraction of sp³-hybridized carbons (Fsp3) is 0.333. The van der Waals surface area contributed by atoms with Crippen LogP contribution < -0.4 is 11.5 Å². The van der Waals surface area contributed by atoms with Crippen molar-refractivity contribution in [3.8, 4) is 0 Å². The van der Waals surface area contributed by atoms with Gasteiger partial charge in [-0.05, 0) is 0 Å². The number of nitrogens with two attached hydrogens (primary N) is 2. The molecule has 0 aliphatic heterocycles. The maximum absolute atomic E-state index is 10.6. The van der Waals surface area contributed by atoms with Gasteiger partial charge in [-0.3, -0.25) is 19.2 Å². The van der Waals surface area contributed by atoms with Gasteiger partial charge in [-0.15, -0.1) is 0 Å². The Bertz CT molecular complexity index is 220. The van der Waals surface area contributed by atoms with Crippen molar-refractivity contribution in [3.05, 3.63) is 0 Å². The number of ketones is 2. The van der Waals surface area contributed by atoms with Gasteiger partial charge in [0.1, 0.15) is 0 Å². The highest BCUT2D eigenvalue weighted by Gasteiger charge is 2.17. The van der Waals surface area contributed by atoms with E-state index in [4.69, 9.17) is 0 Å². The molecule has 0 bridgehead atoms. The molecule has 0 heterocycles. The van der Waals surface area contributed by atoms with Gasteiger partial charge in [0.05, 0.1) is 12.8 Å². The molecular formula is C6H8N2O4. The minimum atomic E-state index is -0.985. The van der Waals surface area contributed by atoms with Crippen LogP contribution in [0.1, 0.15) is 12.8 Å². The number of carbonyl (C=O) groups is 4. The number of hydrogen-bond donors (Lipinski definition) is 2. The molecule has 0 aliphatic carbocycles. The summed E-state index contributed by atoms with van der Waals surface area (Å²) in [6.45, 7) is 0. The van der Waals surface area contributed by atoms with Crippen LogP contribution in [-0.4, -0.2) is 23.4 Å². The van der Waals surface area contributed by atoms with E-state index in [9.17, 15) is 19.2 Å². The Kier molecular flexibility index (Phi) is 3.61. The monoisotopic (exact) mass is 172 g/mol. The van der Waals surface area contributed by atoms with Crippen LogP contribution in [0.5, 0.6) is 0 Å². The molecule has 0 unspecified atom stereocenters. The van der Waals surface area contributed by atoms with Crippen LogP contribution in [0, 0.1) is 0 Å². The largest absolute Gasteiger partial charge is 0.369 e. The van der Waals surface area contributed by atoms with E-state index >= 15 is 0 Å². The number of hydrogen-bond acceptors (Lipinski definition) is 4. The lowest BCUT2D eigenvalue weighted by Gasteiger charge is -1.93. The van der Waals surface area contributed by atoms with Crippen molar-refractivity contribution < 1.29 is 19.2 Å². The van der Waals surface area contributed by atoms with E-state index in [1.807, 2.05) is 0 Å². The highest BCUT2D eigenvalue weighted by Crippen LogP contribution is 1.89. The maximum atomic E-state index is 10.6. The SMILES string of the molecule is NC(=O)CC(=O)C(=O)CC(N)=O. The zero-order valence-electron chi connectivity index (χ0n) is 6.20. The molecular weight excluding hydrogens is 164 g/mol. The van der Waals surface area contributed by atoms with Crippen LogP contribution in [0.4, 0.5) is 0 Å². The lowest BCUT2D eigenvalue weighted by atomic mass is 10.1. The number of carbonyl (C=O) groups excluding carboxylic acids is 4. The first-order valence-corrected chi connectivity index (χ1v) is 3.06. The van der Waals surface area contributed by atoms with E-state index < -0.39 is 36.2 Å². The predicted molar refractivity (Wildman–Crippen MR) is 37.6 cm³/mol. The summed E-state index contributed by atoms with van der Waals surface area (Å²) >= 11 is 0. The summed E-state index contributed by atoms with van der Waals surface area (Å²) in [5.41, 5.74) is 9.27. The molecule has 6 heteroatoms. The molecule has 0 saturated carbocycles. The van der Waals surface area contributed by atoms with E-state index in [-0.39, 0.29) is 0 Å². The van der Waals surface area contributed by atoms with E-state index in [0.717, 1.165) is 0 Å². The van der Waals surface area contributed by atoms with Gasteiger partial charge in [0.2, 0.25) is 23.4 Å². The fourth-order valence-corrected chi connectivity index (χ4v) is 0.514. The van der Waals surface area contributed by atoms with Crippen molar-refractivity contribution in [1.82, 2.24) is 0 Å². The fourth-order valence-electron chi connectivity index (χ4n) is 0.514. The third kappa shape index (κ3) is 4.15. The first-order valence-electron chi connectivity index (χ1n) is 3.06. The van der Waals surface area contributed by atoms with E-state index in [1.165, 1.54) is 0 Å². The van der Waals surface area contributed by atoms with Gasteiger partial charge in [0, 0.05) is 0 Å². The number of Topliss-reactive ketones (excluding diaryl/α,β-unsaturated/α-hetero) is 2. The molecule has 0 radical (unpaired) electrons. The minimum absolute atomic E-state index is 0.674. The molecule has 0 aliphatic rings. The predicted octanol–water partition coefficient (Wildman–Crippen LogP) is -2.12. The van der Waals surface area contributed by atoms with Crippen LogP contribution in [0.15, 0.2) is 0 Å². The van der Waals surface area contributed by atoms with Crippen molar-refractivity contribution >= 4 is 23.4 Å². The Labute approximate surface area is 67.9 Å². The quantitative estimate of drug-likeness (QED) is 0.363. The van der Waals surface area contributed by atoms with Gasteiger partial charge in [0.15, 0.2) is 0 Å². The summed E-state index contributed by atoms with van der Waals surface area (Å²) in [6.07, 6.45) is -1.35. The molecule has 0 aromatic heterocycles. The van der Waals surface area contributed by atoms with Crippen molar-refractivity contribution in [1.29, 1.82) is 0 Å². The molecule has 0 saturated heterocycles. The van der Waals surface area contributed by atoms with Crippen molar-refractivity contribution in [2.45, 2.75) is 12.8 Å². The third-order valence-corrected chi connectivity index (χ3v) is 0.981. The van der Waals surface area contributed by atoms with Gasteiger partial charge in [-0.1, -0.05) is 0 Å². The second kappa shape index (κ2) is 4.22. The molecule has 6 nitrogen and oxygen atoms in total. The molecule has 0 aromatic carbocycles. The van der Waals surface area contributed by atoms with Gasteiger partial charge in [0.25, 0.3) is 0 Å². The van der Waals surface area contributed by atoms with Crippen LogP contribution >= 0.6 is 0 Å². The molecule has 0 atom stereocenters. The van der Waals surface area contributed by atoms with E-state index in [2.05, 4.69) is 11.5 Å². The Morgan fingerprint density at radius 2 is 1.00 bits per heavy atom. The standard InChI is InChI=1S/C6H8N2O4/c7-5(11)1-3(9)4(10)2-6(8)12/h1-2H2,(H2,7,11)(H2,8,12). The Balaban J connectivity index is 4.03. The smallest absolute Gasteiger partial charge is 0.225 e. The molecule has 0 aromatic rings. The normalized spacial score (nSPS) is 9.00. The number of rotatable bonds is 5. The zero-order chi connectivity index (χ0) is 9.72. The number of amides is 2. The zero-order valence-corrected chi connectivity index (χ0v) is 6.20. The first kappa shape index (κ1) is 10.3. The lowest BCUT2D eigenvalue weighted by molar-refractivity contribution is -0.140. The molecule has 0 rings (SSSR count). The van der Waals surface area contributed by atoms with E-state index in [1.54, 1.807) is 0 Å². The molecule has 12 heavy (non-hydrogen) atoms. The average molecular weight is 172 g/mol. The van der Waals surface area contributed by atoms with Gasteiger partial charge in [-0.2, -0.15) is 0 Å². The highest BCUT2D eigenvalue weighted by molar-refractivity contribution is 6.42. The summed E-state index contributed by atoms with van der Waals surface area (Å²) in [5, 5.41) is 0. The van der Waals surface area contributed by atoms with Crippen LogP contribution in [-0.2, 0) is 19.2 Å². The third-order valence-electron chi connectivity index (χ3n) is 0.981. The van der Waals surface area contributed by atoms with Crippen molar-refractivity contribution in [2.75, 3.05) is 0 Å². The van der Waals surface area contributed by atoms with Gasteiger partial charge < -0.3 is 11.5 Å². The molecule has 66 valence electrons. The first-order chi connectivity index (χ1) is 5.43. The van der Waals surface area contributed by atoms with Crippen molar-refractivity contribution in [3.63, 3.8) is 0 Å².